The lowest BCUT2D eigenvalue weighted by Crippen LogP contribution is -2.15. The summed E-state index contributed by atoms with van der Waals surface area (Å²) in [5.41, 5.74) is 4.19. The van der Waals surface area contributed by atoms with Crippen LogP contribution in [0.5, 0.6) is 0 Å². The molecule has 2 unspecified atom stereocenters. The Morgan fingerprint density at radius 2 is 1.86 bits per heavy atom. The lowest BCUT2D eigenvalue weighted by Gasteiger charge is -2.10. The smallest absolute Gasteiger partial charge is 0.228 e. The number of benzene rings is 2. The van der Waals surface area contributed by atoms with Gasteiger partial charge in [0.15, 0.2) is 0 Å². The van der Waals surface area contributed by atoms with Crippen LogP contribution >= 0.6 is 0 Å². The summed E-state index contributed by atoms with van der Waals surface area (Å²) in [5, 5.41) is 3.01. The molecule has 2 aromatic rings. The van der Waals surface area contributed by atoms with Crippen LogP contribution in [0.4, 0.5) is 10.1 Å². The van der Waals surface area contributed by atoms with Gasteiger partial charge in [-0.05, 0) is 61.1 Å². The lowest BCUT2D eigenvalue weighted by atomic mass is 10.1. The number of hydrogen-bond donors (Lipinski definition) is 1. The number of rotatable bonds is 3. The quantitative estimate of drug-likeness (QED) is 0.899. The molecule has 1 fully saturated rings. The second-order valence-corrected chi connectivity index (χ2v) is 5.74. The second kappa shape index (κ2) is 5.32. The van der Waals surface area contributed by atoms with E-state index in [1.807, 2.05) is 32.0 Å². The molecule has 0 radical (unpaired) electrons. The summed E-state index contributed by atoms with van der Waals surface area (Å²) in [6.45, 7) is 4.04. The van der Waals surface area contributed by atoms with Gasteiger partial charge in [0.25, 0.3) is 0 Å². The van der Waals surface area contributed by atoms with Crippen LogP contribution in [0.25, 0.3) is 0 Å². The summed E-state index contributed by atoms with van der Waals surface area (Å²) in [4.78, 5) is 12.3. The summed E-state index contributed by atoms with van der Waals surface area (Å²) < 4.78 is 12.9. The van der Waals surface area contributed by atoms with E-state index in [0.717, 1.165) is 23.2 Å². The van der Waals surface area contributed by atoms with Crippen LogP contribution in [0.2, 0.25) is 0 Å². The van der Waals surface area contributed by atoms with Crippen molar-refractivity contribution >= 4 is 11.6 Å². The molecular formula is C18H18FNO. The first kappa shape index (κ1) is 13.8. The highest BCUT2D eigenvalue weighted by atomic mass is 19.1. The number of halogens is 1. The third-order valence-electron chi connectivity index (χ3n) is 4.29. The fourth-order valence-electron chi connectivity index (χ4n) is 2.68. The fourth-order valence-corrected chi connectivity index (χ4v) is 2.68. The van der Waals surface area contributed by atoms with Gasteiger partial charge in [-0.2, -0.15) is 0 Å². The zero-order valence-electron chi connectivity index (χ0n) is 12.2. The number of aryl methyl sites for hydroxylation is 1. The van der Waals surface area contributed by atoms with E-state index in [2.05, 4.69) is 5.32 Å². The monoisotopic (exact) mass is 283 g/mol. The number of nitrogens with one attached hydrogen (secondary N) is 1. The molecule has 108 valence electrons. The van der Waals surface area contributed by atoms with Gasteiger partial charge < -0.3 is 5.32 Å². The maximum atomic E-state index is 12.9. The molecular weight excluding hydrogens is 265 g/mol. The Balaban J connectivity index is 1.68. The van der Waals surface area contributed by atoms with Gasteiger partial charge in [0.1, 0.15) is 5.82 Å². The molecule has 1 N–H and O–H groups in total. The Labute approximate surface area is 124 Å². The van der Waals surface area contributed by atoms with Gasteiger partial charge in [0.2, 0.25) is 5.91 Å². The Kier molecular flexibility index (Phi) is 3.50. The minimum absolute atomic E-state index is 0.00428. The Morgan fingerprint density at radius 3 is 2.57 bits per heavy atom. The van der Waals surface area contributed by atoms with E-state index in [9.17, 15) is 9.18 Å². The number of carbonyl (C=O) groups excluding carboxylic acids is 1. The van der Waals surface area contributed by atoms with Crippen LogP contribution in [0, 0.1) is 25.6 Å². The summed E-state index contributed by atoms with van der Waals surface area (Å²) in [6, 6.07) is 12.3. The van der Waals surface area contributed by atoms with Crippen molar-refractivity contribution in [1.82, 2.24) is 0 Å². The first-order valence-electron chi connectivity index (χ1n) is 7.19. The second-order valence-electron chi connectivity index (χ2n) is 5.74. The average Bonchev–Trinajstić information content (AvgIpc) is 3.25. The lowest BCUT2D eigenvalue weighted by molar-refractivity contribution is -0.117. The van der Waals surface area contributed by atoms with Crippen molar-refractivity contribution in [1.29, 1.82) is 0 Å². The fraction of sp³-hybridized carbons (Fsp3) is 0.278. The molecule has 1 aliphatic carbocycles. The van der Waals surface area contributed by atoms with E-state index in [-0.39, 0.29) is 23.6 Å². The normalized spacial score (nSPS) is 20.1. The summed E-state index contributed by atoms with van der Waals surface area (Å²) >= 11 is 0. The largest absolute Gasteiger partial charge is 0.326 e. The van der Waals surface area contributed by atoms with Crippen molar-refractivity contribution in [3.8, 4) is 0 Å². The first-order valence-corrected chi connectivity index (χ1v) is 7.19. The van der Waals surface area contributed by atoms with Crippen molar-refractivity contribution in [3.63, 3.8) is 0 Å². The SMILES string of the molecule is Cc1cccc(NC(=O)C2CC2c2ccc(F)cc2)c1C. The van der Waals surface area contributed by atoms with Gasteiger partial charge in [0, 0.05) is 11.6 Å². The molecule has 2 nitrogen and oxygen atoms in total. The third kappa shape index (κ3) is 2.82. The molecule has 3 rings (SSSR count). The highest BCUT2D eigenvalue weighted by Gasteiger charge is 2.43. The van der Waals surface area contributed by atoms with Crippen LogP contribution in [0.1, 0.15) is 29.0 Å². The molecule has 1 saturated carbocycles. The summed E-state index contributed by atoms with van der Waals surface area (Å²) in [6.07, 6.45) is 0.836. The van der Waals surface area contributed by atoms with E-state index < -0.39 is 0 Å². The van der Waals surface area contributed by atoms with Gasteiger partial charge in [-0.1, -0.05) is 24.3 Å². The summed E-state index contributed by atoms with van der Waals surface area (Å²) in [7, 11) is 0. The molecule has 3 heteroatoms. The molecule has 0 heterocycles. The minimum Gasteiger partial charge on any atom is -0.326 e. The number of carbonyl (C=O) groups is 1. The van der Waals surface area contributed by atoms with E-state index in [4.69, 9.17) is 0 Å². The maximum Gasteiger partial charge on any atom is 0.228 e. The molecule has 0 spiro atoms. The van der Waals surface area contributed by atoms with E-state index in [0.29, 0.717) is 0 Å². The van der Waals surface area contributed by atoms with Crippen LogP contribution < -0.4 is 5.32 Å². The van der Waals surface area contributed by atoms with Gasteiger partial charge in [-0.3, -0.25) is 4.79 Å². The first-order chi connectivity index (χ1) is 10.1. The topological polar surface area (TPSA) is 29.1 Å². The van der Waals surface area contributed by atoms with Crippen LogP contribution in [0.15, 0.2) is 42.5 Å². The van der Waals surface area contributed by atoms with Crippen LogP contribution in [-0.2, 0) is 4.79 Å². The van der Waals surface area contributed by atoms with E-state index in [1.54, 1.807) is 12.1 Å². The van der Waals surface area contributed by atoms with Crippen molar-refractivity contribution < 1.29 is 9.18 Å². The number of amides is 1. The number of anilines is 1. The van der Waals surface area contributed by atoms with Gasteiger partial charge >= 0.3 is 0 Å². The van der Waals surface area contributed by atoms with Gasteiger partial charge in [-0.15, -0.1) is 0 Å². The van der Waals surface area contributed by atoms with Gasteiger partial charge in [0.05, 0.1) is 0 Å². The molecule has 21 heavy (non-hydrogen) atoms. The molecule has 0 aliphatic heterocycles. The minimum atomic E-state index is -0.240. The van der Waals surface area contributed by atoms with Crippen molar-refractivity contribution in [2.75, 3.05) is 5.32 Å². The maximum absolute atomic E-state index is 12.9. The third-order valence-corrected chi connectivity index (χ3v) is 4.29. The van der Waals surface area contributed by atoms with Crippen molar-refractivity contribution in [2.24, 2.45) is 5.92 Å². The van der Waals surface area contributed by atoms with E-state index in [1.165, 1.54) is 17.7 Å². The zero-order chi connectivity index (χ0) is 15.0. The van der Waals surface area contributed by atoms with Crippen LogP contribution in [-0.4, -0.2) is 5.91 Å². The number of hydrogen-bond acceptors (Lipinski definition) is 1. The molecule has 2 atom stereocenters. The highest BCUT2D eigenvalue weighted by Crippen LogP contribution is 2.48. The summed E-state index contributed by atoms with van der Waals surface area (Å²) in [5.74, 6) is 0.0277. The van der Waals surface area contributed by atoms with Gasteiger partial charge in [-0.25, -0.2) is 4.39 Å². The average molecular weight is 283 g/mol. The predicted octanol–water partition coefficient (Wildman–Crippen LogP) is 4.18. The van der Waals surface area contributed by atoms with Crippen molar-refractivity contribution in [3.05, 3.63) is 65.0 Å². The predicted molar refractivity (Wildman–Crippen MR) is 81.8 cm³/mol. The molecule has 0 saturated heterocycles. The van der Waals surface area contributed by atoms with Crippen LogP contribution in [0.3, 0.4) is 0 Å². The molecule has 0 aromatic heterocycles. The van der Waals surface area contributed by atoms with E-state index >= 15 is 0 Å². The molecule has 2 aromatic carbocycles. The molecule has 1 aliphatic rings. The Hall–Kier alpha value is -2.16. The Bertz CT molecular complexity index is 678. The molecule has 1 amide bonds. The zero-order valence-corrected chi connectivity index (χ0v) is 12.2. The van der Waals surface area contributed by atoms with Crippen molar-refractivity contribution in [2.45, 2.75) is 26.2 Å². The Morgan fingerprint density at radius 1 is 1.14 bits per heavy atom. The highest BCUT2D eigenvalue weighted by molar-refractivity contribution is 5.96. The molecule has 0 bridgehead atoms. The standard InChI is InChI=1S/C18H18FNO/c1-11-4-3-5-17(12(11)2)20-18(21)16-10-15(16)13-6-8-14(19)9-7-13/h3-9,15-16H,10H2,1-2H3,(H,20,21).